The third-order valence-corrected chi connectivity index (χ3v) is 23.7. The second-order valence-corrected chi connectivity index (χ2v) is 24.9. The summed E-state index contributed by atoms with van der Waals surface area (Å²) in [6.45, 7) is 2.55. The van der Waals surface area contributed by atoms with Crippen molar-refractivity contribution in [2.45, 2.75) is 70.5 Å². The summed E-state index contributed by atoms with van der Waals surface area (Å²) in [7, 11) is -5.79. The highest BCUT2D eigenvalue weighted by molar-refractivity contribution is 7.07. The fraction of sp³-hybridized carbons (Fsp3) is 0.291. The number of benzene rings is 6. The van der Waals surface area contributed by atoms with Gasteiger partial charge >= 0.3 is 0 Å². The molecule has 0 unspecified atom stereocenters. The lowest BCUT2D eigenvalue weighted by molar-refractivity contribution is -0.128. The molecule has 4 aliphatic rings. The largest absolute Gasteiger partial charge is 0.401 e. The van der Waals surface area contributed by atoms with E-state index in [-0.39, 0.29) is 17.6 Å². The summed E-state index contributed by atoms with van der Waals surface area (Å²) in [5, 5.41) is 7.65. The van der Waals surface area contributed by atoms with Crippen LogP contribution in [0.4, 0.5) is 0 Å². The molecular formula is C55H56O3Si2. The van der Waals surface area contributed by atoms with Crippen LogP contribution in [0.1, 0.15) is 58.3 Å². The van der Waals surface area contributed by atoms with E-state index in [0.717, 1.165) is 51.4 Å². The summed E-state index contributed by atoms with van der Waals surface area (Å²) in [6, 6.07) is 65.9. The number of allylic oxidation sites excluding steroid dienone is 1. The molecule has 0 aliphatic heterocycles. The van der Waals surface area contributed by atoms with Crippen LogP contribution >= 0.6 is 0 Å². The number of fused-ring (bicyclic) bond motifs is 5. The molecule has 6 aromatic carbocycles. The first kappa shape index (κ1) is 39.2. The fourth-order valence-electron chi connectivity index (χ4n) is 12.7. The van der Waals surface area contributed by atoms with Crippen LogP contribution in [-0.2, 0) is 13.6 Å². The van der Waals surface area contributed by atoms with Crippen molar-refractivity contribution >= 4 is 54.0 Å². The third kappa shape index (κ3) is 6.39. The van der Waals surface area contributed by atoms with Crippen molar-refractivity contribution in [3.8, 4) is 0 Å². The van der Waals surface area contributed by atoms with Gasteiger partial charge in [-0.25, -0.2) is 0 Å². The molecule has 302 valence electrons. The van der Waals surface area contributed by atoms with Crippen LogP contribution < -0.4 is 31.1 Å². The van der Waals surface area contributed by atoms with Gasteiger partial charge in [-0.3, -0.25) is 0 Å². The van der Waals surface area contributed by atoms with E-state index in [9.17, 15) is 4.79 Å². The average molecular weight is 821 g/mol. The SMILES string of the molecule is C[C@]12CC[C@H]3[C@@H](CCC4=C[C@@H](O[Si](c5ccccc5)(c5ccccc5)c5ccccc5)CC[C@@]43C=O)[C@@H]1CC[C@@H]2O[Si](c1ccccc1)(c1ccccc1)c1ccccc1. The molecule has 0 spiro atoms. The normalized spacial score (nSPS) is 27.5. The van der Waals surface area contributed by atoms with Crippen molar-refractivity contribution in [1.82, 2.24) is 0 Å². The van der Waals surface area contributed by atoms with E-state index in [4.69, 9.17) is 8.85 Å². The lowest BCUT2D eigenvalue weighted by Gasteiger charge is -2.58. The molecule has 10 rings (SSSR count). The molecule has 0 saturated heterocycles. The van der Waals surface area contributed by atoms with Gasteiger partial charge in [-0.05, 0) is 106 Å². The molecule has 0 aromatic heterocycles. The van der Waals surface area contributed by atoms with Crippen molar-refractivity contribution < 1.29 is 13.6 Å². The summed E-state index contributed by atoms with van der Waals surface area (Å²) >= 11 is 0. The van der Waals surface area contributed by atoms with Crippen LogP contribution in [0.5, 0.6) is 0 Å². The van der Waals surface area contributed by atoms with E-state index in [0.29, 0.717) is 17.8 Å². The van der Waals surface area contributed by atoms with Gasteiger partial charge in [0.25, 0.3) is 16.6 Å². The molecule has 60 heavy (non-hydrogen) atoms. The maximum Gasteiger partial charge on any atom is 0.288 e. The van der Waals surface area contributed by atoms with Gasteiger partial charge in [0, 0.05) is 0 Å². The van der Waals surface area contributed by atoms with Crippen LogP contribution in [-0.4, -0.2) is 35.1 Å². The van der Waals surface area contributed by atoms with E-state index in [1.165, 1.54) is 43.0 Å². The van der Waals surface area contributed by atoms with Gasteiger partial charge in [0.2, 0.25) is 0 Å². The molecular weight excluding hydrogens is 765 g/mol. The average Bonchev–Trinajstić information content (AvgIpc) is 3.66. The Balaban J connectivity index is 0.971. The molecule has 0 N–H and O–H groups in total. The van der Waals surface area contributed by atoms with Gasteiger partial charge in [-0.2, -0.15) is 0 Å². The van der Waals surface area contributed by atoms with Crippen LogP contribution in [0, 0.1) is 28.6 Å². The summed E-state index contributed by atoms with van der Waals surface area (Å²) in [5.74, 6) is 1.38. The zero-order valence-corrected chi connectivity index (χ0v) is 36.7. The molecule has 0 amide bonds. The van der Waals surface area contributed by atoms with Crippen molar-refractivity contribution in [1.29, 1.82) is 0 Å². The van der Waals surface area contributed by atoms with Crippen LogP contribution in [0.2, 0.25) is 0 Å². The second kappa shape index (κ2) is 16.2. The summed E-state index contributed by atoms with van der Waals surface area (Å²) in [5.41, 5.74) is 0.955. The second-order valence-electron chi connectivity index (χ2n) is 18.2. The Kier molecular flexibility index (Phi) is 10.6. The van der Waals surface area contributed by atoms with Crippen molar-refractivity contribution in [3.05, 3.63) is 194 Å². The monoisotopic (exact) mass is 820 g/mol. The predicted octanol–water partition coefficient (Wildman–Crippen LogP) is 8.23. The van der Waals surface area contributed by atoms with Crippen molar-refractivity contribution in [3.63, 3.8) is 0 Å². The highest BCUT2D eigenvalue weighted by Crippen LogP contribution is 2.65. The first-order chi connectivity index (χ1) is 29.5. The summed E-state index contributed by atoms with van der Waals surface area (Å²) in [4.78, 5) is 13.8. The Morgan fingerprint density at radius 3 is 1.32 bits per heavy atom. The van der Waals surface area contributed by atoms with Gasteiger partial charge in [0.15, 0.2) is 0 Å². The Labute approximate surface area is 358 Å². The van der Waals surface area contributed by atoms with Crippen LogP contribution in [0.3, 0.4) is 0 Å². The molecule has 7 atom stereocenters. The third-order valence-electron chi connectivity index (χ3n) is 15.5. The number of hydrogen-bond donors (Lipinski definition) is 0. The van der Waals surface area contributed by atoms with Crippen molar-refractivity contribution in [2.24, 2.45) is 28.6 Å². The molecule has 3 nitrogen and oxygen atoms in total. The number of carbonyl (C=O) groups excluding carboxylic acids is 1. The van der Waals surface area contributed by atoms with Crippen LogP contribution in [0.25, 0.3) is 0 Å². The van der Waals surface area contributed by atoms with E-state index < -0.39 is 22.0 Å². The van der Waals surface area contributed by atoms with Gasteiger partial charge in [0.05, 0.1) is 17.6 Å². The minimum atomic E-state index is -2.91. The fourth-order valence-corrected chi connectivity index (χ4v) is 21.0. The zero-order valence-electron chi connectivity index (χ0n) is 34.7. The maximum absolute atomic E-state index is 13.8. The number of aldehydes is 1. The smallest absolute Gasteiger partial charge is 0.288 e. The highest BCUT2D eigenvalue weighted by atomic mass is 28.4. The minimum Gasteiger partial charge on any atom is -0.401 e. The first-order valence-electron chi connectivity index (χ1n) is 22.4. The molecule has 0 radical (unpaired) electrons. The van der Waals surface area contributed by atoms with E-state index in [2.05, 4.69) is 195 Å². The predicted molar refractivity (Wildman–Crippen MR) is 250 cm³/mol. The molecule has 6 aromatic rings. The molecule has 5 heteroatoms. The van der Waals surface area contributed by atoms with E-state index in [1.54, 1.807) is 0 Å². The molecule has 0 heterocycles. The highest BCUT2D eigenvalue weighted by Gasteiger charge is 2.62. The van der Waals surface area contributed by atoms with Gasteiger partial charge in [-0.15, -0.1) is 0 Å². The van der Waals surface area contributed by atoms with Gasteiger partial charge < -0.3 is 13.6 Å². The van der Waals surface area contributed by atoms with Crippen LogP contribution in [0.15, 0.2) is 194 Å². The molecule has 3 saturated carbocycles. The quantitative estimate of drug-likeness (QED) is 0.0573. The Morgan fingerprint density at radius 1 is 0.483 bits per heavy atom. The van der Waals surface area contributed by atoms with Crippen molar-refractivity contribution in [2.75, 3.05) is 0 Å². The molecule has 4 aliphatic carbocycles. The topological polar surface area (TPSA) is 35.5 Å². The number of rotatable bonds is 11. The molecule has 3 fully saturated rings. The zero-order chi connectivity index (χ0) is 40.6. The number of carbonyl (C=O) groups is 1. The standard InChI is InChI=1S/C55H56O3Si2/c1-54-38-37-52-50(51(54)34-35-53(54)58-60(47-26-14-5-15-27-47,48-28-16-6-17-29-48)49-30-18-7-19-31-49)33-32-42-40-43(36-39-55(42,52)41-56)57-59(44-20-8-2-9-21-44,45-22-10-3-11-23-45)46-24-12-4-13-25-46/h2-31,40-41,43,50-53H,32-39H2,1H3/t43-,50-,51-,52-,53-,54-,55+/m0/s1. The Hall–Kier alpha value is -4.92. The summed E-state index contributed by atoms with van der Waals surface area (Å²) < 4.78 is 15.7. The molecule has 0 bridgehead atoms. The van der Waals surface area contributed by atoms with Gasteiger partial charge in [-0.1, -0.05) is 201 Å². The number of hydrogen-bond acceptors (Lipinski definition) is 3. The maximum atomic E-state index is 13.8. The van der Waals surface area contributed by atoms with Gasteiger partial charge in [0.1, 0.15) is 6.29 Å². The van der Waals surface area contributed by atoms with E-state index >= 15 is 0 Å². The Bertz CT molecular complexity index is 2220. The first-order valence-corrected chi connectivity index (χ1v) is 26.2. The lowest BCUT2D eigenvalue weighted by Crippen LogP contribution is -2.71. The van der Waals surface area contributed by atoms with E-state index in [1.807, 2.05) is 0 Å². The Morgan fingerprint density at radius 2 is 0.900 bits per heavy atom. The minimum absolute atomic E-state index is 0.0373. The lowest BCUT2D eigenvalue weighted by atomic mass is 9.47. The summed E-state index contributed by atoms with van der Waals surface area (Å²) in [6.07, 6.45) is 12.0.